The first-order valence-corrected chi connectivity index (χ1v) is 13.3. The summed E-state index contributed by atoms with van der Waals surface area (Å²) in [6.07, 6.45) is 4.94. The third-order valence-corrected chi connectivity index (χ3v) is 6.60. The van der Waals surface area contributed by atoms with Crippen LogP contribution in [-0.4, -0.2) is 34.5 Å². The van der Waals surface area contributed by atoms with Crippen molar-refractivity contribution in [1.29, 1.82) is 0 Å². The van der Waals surface area contributed by atoms with Gasteiger partial charge in [-0.25, -0.2) is 4.98 Å². The van der Waals surface area contributed by atoms with Gasteiger partial charge in [0.1, 0.15) is 12.4 Å². The van der Waals surface area contributed by atoms with E-state index in [9.17, 15) is 9.59 Å². The van der Waals surface area contributed by atoms with Gasteiger partial charge in [-0.05, 0) is 56.0 Å². The number of amides is 2. The highest BCUT2D eigenvalue weighted by Gasteiger charge is 2.18. The largest absolute Gasteiger partial charge is 0.356 e. The first kappa shape index (κ1) is 26.1. The maximum atomic E-state index is 13.3. The molecule has 2 amide bonds. The van der Waals surface area contributed by atoms with Crippen LogP contribution in [0.2, 0.25) is 0 Å². The molecule has 1 heterocycles. The molecule has 6 nitrogen and oxygen atoms in total. The van der Waals surface area contributed by atoms with Gasteiger partial charge in [0.05, 0.1) is 11.0 Å². The van der Waals surface area contributed by atoms with E-state index in [0.717, 1.165) is 54.6 Å². The lowest BCUT2D eigenvalue weighted by molar-refractivity contribution is -0.121. The summed E-state index contributed by atoms with van der Waals surface area (Å²) in [6, 6.07) is 27.9. The molecule has 1 N–H and O–H groups in total. The molecule has 4 rings (SSSR count). The Morgan fingerprint density at radius 1 is 0.838 bits per heavy atom. The Morgan fingerprint density at radius 2 is 1.54 bits per heavy atom. The molecule has 0 atom stereocenters. The molecule has 192 valence electrons. The van der Waals surface area contributed by atoms with Crippen molar-refractivity contribution in [3.63, 3.8) is 0 Å². The molecule has 0 aliphatic heterocycles. The van der Waals surface area contributed by atoms with Crippen molar-refractivity contribution in [2.24, 2.45) is 0 Å². The van der Waals surface area contributed by atoms with Gasteiger partial charge in [0.2, 0.25) is 11.8 Å². The summed E-state index contributed by atoms with van der Waals surface area (Å²) in [5.74, 6) is 1.09. The fraction of sp³-hybridized carbons (Fsp3) is 0.323. The smallest absolute Gasteiger partial charge is 0.246 e. The summed E-state index contributed by atoms with van der Waals surface area (Å²) in [5, 5.41) is 3.04. The van der Waals surface area contributed by atoms with Gasteiger partial charge in [0, 0.05) is 31.6 Å². The highest BCUT2D eigenvalue weighted by atomic mass is 16.2. The van der Waals surface area contributed by atoms with Crippen LogP contribution in [0.3, 0.4) is 0 Å². The van der Waals surface area contributed by atoms with Crippen molar-refractivity contribution in [3.8, 4) is 0 Å². The molecule has 0 aliphatic rings. The van der Waals surface area contributed by atoms with E-state index in [1.165, 1.54) is 5.56 Å². The van der Waals surface area contributed by atoms with E-state index in [0.29, 0.717) is 19.5 Å². The van der Waals surface area contributed by atoms with E-state index in [1.54, 1.807) is 0 Å². The number of nitrogens with one attached hydrogen (secondary N) is 1. The van der Waals surface area contributed by atoms with Crippen LogP contribution in [0.25, 0.3) is 11.0 Å². The molecule has 0 saturated carbocycles. The highest BCUT2D eigenvalue weighted by Crippen LogP contribution is 2.20. The summed E-state index contributed by atoms with van der Waals surface area (Å²) >= 11 is 0. The van der Waals surface area contributed by atoms with E-state index >= 15 is 0 Å². The number of fused-ring (bicyclic) bond motifs is 1. The fourth-order valence-electron chi connectivity index (χ4n) is 4.63. The van der Waals surface area contributed by atoms with Crippen LogP contribution in [-0.2, 0) is 29.0 Å². The zero-order chi connectivity index (χ0) is 25.9. The second-order valence-electron chi connectivity index (χ2n) is 9.22. The van der Waals surface area contributed by atoms with E-state index < -0.39 is 0 Å². The van der Waals surface area contributed by atoms with Gasteiger partial charge in [-0.1, -0.05) is 67.1 Å². The Kier molecular flexibility index (Phi) is 9.47. The number of anilines is 1. The van der Waals surface area contributed by atoms with Gasteiger partial charge >= 0.3 is 0 Å². The third kappa shape index (κ3) is 7.29. The Morgan fingerprint density at radius 3 is 2.30 bits per heavy atom. The maximum absolute atomic E-state index is 13.3. The van der Waals surface area contributed by atoms with Crippen molar-refractivity contribution < 1.29 is 9.59 Å². The zero-order valence-corrected chi connectivity index (χ0v) is 21.6. The molecule has 37 heavy (non-hydrogen) atoms. The maximum Gasteiger partial charge on any atom is 0.246 e. The van der Waals surface area contributed by atoms with Crippen LogP contribution in [0.5, 0.6) is 0 Å². The number of carbonyl (C=O) groups is 2. The molecule has 0 fully saturated rings. The number of aromatic nitrogens is 2. The van der Waals surface area contributed by atoms with Gasteiger partial charge in [0.25, 0.3) is 0 Å². The van der Waals surface area contributed by atoms with Crippen molar-refractivity contribution in [2.45, 2.75) is 52.0 Å². The summed E-state index contributed by atoms with van der Waals surface area (Å²) in [5.41, 5.74) is 4.00. The van der Waals surface area contributed by atoms with Crippen LogP contribution >= 0.6 is 0 Å². The van der Waals surface area contributed by atoms with Crippen molar-refractivity contribution >= 4 is 28.5 Å². The average molecular weight is 497 g/mol. The zero-order valence-electron chi connectivity index (χ0n) is 21.6. The Bertz CT molecular complexity index is 1280. The first-order valence-electron chi connectivity index (χ1n) is 13.3. The number of para-hydroxylation sites is 3. The predicted molar refractivity (Wildman–Crippen MR) is 150 cm³/mol. The van der Waals surface area contributed by atoms with Crippen LogP contribution in [0.15, 0.2) is 84.9 Å². The lowest BCUT2D eigenvalue weighted by Crippen LogP contribution is -2.34. The molecule has 4 aromatic rings. The number of hydrogen-bond donors (Lipinski definition) is 1. The second kappa shape index (κ2) is 13.4. The monoisotopic (exact) mass is 496 g/mol. The third-order valence-electron chi connectivity index (χ3n) is 6.60. The Balaban J connectivity index is 1.28. The molecule has 0 unspecified atom stereocenters. The summed E-state index contributed by atoms with van der Waals surface area (Å²) in [6.45, 7) is 3.56. The number of rotatable bonds is 13. The minimum absolute atomic E-state index is 0.0521. The van der Waals surface area contributed by atoms with E-state index in [-0.39, 0.29) is 18.4 Å². The molecule has 0 spiro atoms. The van der Waals surface area contributed by atoms with Gasteiger partial charge in [-0.2, -0.15) is 0 Å². The number of unbranched alkanes of at least 4 members (excludes halogenated alkanes) is 2. The van der Waals surface area contributed by atoms with E-state index in [1.807, 2.05) is 84.6 Å². The molecule has 0 bridgehead atoms. The molecule has 1 aromatic heterocycles. The normalized spacial score (nSPS) is 10.9. The average Bonchev–Trinajstić information content (AvgIpc) is 3.28. The number of carbonyl (C=O) groups excluding carboxylic acids is 2. The number of aryl methyl sites for hydroxylation is 2. The molecular weight excluding hydrogens is 460 g/mol. The Labute approximate surface area is 219 Å². The van der Waals surface area contributed by atoms with Gasteiger partial charge in [-0.15, -0.1) is 0 Å². The fourth-order valence-corrected chi connectivity index (χ4v) is 4.63. The predicted octanol–water partition coefficient (Wildman–Crippen LogP) is 5.55. The van der Waals surface area contributed by atoms with Crippen molar-refractivity contribution in [2.75, 3.05) is 18.0 Å². The van der Waals surface area contributed by atoms with Crippen LogP contribution < -0.4 is 10.2 Å². The van der Waals surface area contributed by atoms with Crippen LogP contribution in [0.1, 0.15) is 44.0 Å². The quantitative estimate of drug-likeness (QED) is 0.247. The molecule has 0 saturated heterocycles. The highest BCUT2D eigenvalue weighted by molar-refractivity contribution is 5.94. The number of imidazole rings is 1. The molecule has 0 aliphatic carbocycles. The summed E-state index contributed by atoms with van der Waals surface area (Å²) in [7, 11) is 0. The number of benzene rings is 3. The lowest BCUT2D eigenvalue weighted by atomic mass is 10.1. The summed E-state index contributed by atoms with van der Waals surface area (Å²) in [4.78, 5) is 32.1. The number of nitrogens with zero attached hydrogens (tertiary/aromatic N) is 3. The summed E-state index contributed by atoms with van der Waals surface area (Å²) < 4.78 is 2.06. The van der Waals surface area contributed by atoms with Gasteiger partial charge in [-0.3, -0.25) is 9.59 Å². The Hall–Kier alpha value is -3.93. The lowest BCUT2D eigenvalue weighted by Gasteiger charge is -2.22. The number of likely N-dealkylation sites (N-methyl/N-ethyl adjacent to an activating group) is 1. The topological polar surface area (TPSA) is 67.2 Å². The molecule has 6 heteroatoms. The first-order chi connectivity index (χ1) is 18.2. The van der Waals surface area contributed by atoms with Crippen LogP contribution in [0, 0.1) is 0 Å². The second-order valence-corrected chi connectivity index (χ2v) is 9.22. The number of hydrogen-bond acceptors (Lipinski definition) is 3. The SMILES string of the molecule is CCN(C(=O)Cn1c(CCCCCNC(=O)CCc2ccccc2)nc2ccccc21)c1ccccc1. The van der Waals surface area contributed by atoms with Gasteiger partial charge < -0.3 is 14.8 Å². The molecular formula is C31H36N4O2. The van der Waals surface area contributed by atoms with Gasteiger partial charge in [0.15, 0.2) is 0 Å². The molecule has 3 aromatic carbocycles. The van der Waals surface area contributed by atoms with E-state index in [2.05, 4.69) is 22.0 Å². The van der Waals surface area contributed by atoms with Crippen molar-refractivity contribution in [1.82, 2.24) is 14.9 Å². The minimum atomic E-state index is 0.0521. The molecule has 0 radical (unpaired) electrons. The van der Waals surface area contributed by atoms with Crippen molar-refractivity contribution in [3.05, 3.63) is 96.3 Å². The van der Waals surface area contributed by atoms with E-state index in [4.69, 9.17) is 4.98 Å². The minimum Gasteiger partial charge on any atom is -0.356 e. The standard InChI is InChI=1S/C31H36N4O2/c1-2-34(26-16-8-4-9-17-26)31(37)24-35-28-19-12-11-18-27(28)33-29(35)20-10-5-13-23-32-30(36)22-21-25-14-6-3-7-15-25/h3-4,6-9,11-12,14-19H,2,5,10,13,20-24H2,1H3,(H,32,36). The van der Waals surface area contributed by atoms with Crippen LogP contribution in [0.4, 0.5) is 5.69 Å².